The third-order valence-corrected chi connectivity index (χ3v) is 4.36. The Hall–Kier alpha value is -3.07. The lowest BCUT2D eigenvalue weighted by molar-refractivity contribution is 0.106. The van der Waals surface area contributed by atoms with Crippen molar-refractivity contribution in [3.05, 3.63) is 90.0 Å². The quantitative estimate of drug-likeness (QED) is 0.286. The average Bonchev–Trinajstić information content (AvgIpc) is 2.73. The summed E-state index contributed by atoms with van der Waals surface area (Å²) in [5, 5.41) is 4.31. The zero-order valence-electron chi connectivity index (χ0n) is 15.9. The fourth-order valence-corrected chi connectivity index (χ4v) is 2.84. The predicted molar refractivity (Wildman–Crippen MR) is 111 cm³/mol. The minimum absolute atomic E-state index is 0.417. The molecule has 3 aromatic rings. The van der Waals surface area contributed by atoms with Gasteiger partial charge in [0, 0.05) is 0 Å². The molecule has 0 unspecified atom stereocenters. The largest absolute Gasteiger partial charge is 0.490 e. The number of aryl methyl sites for hydroxylation is 1. The van der Waals surface area contributed by atoms with E-state index < -0.39 is 0 Å². The molecular formula is C24H25NO2. The van der Waals surface area contributed by atoms with Crippen LogP contribution >= 0.6 is 0 Å². The van der Waals surface area contributed by atoms with Gasteiger partial charge >= 0.3 is 0 Å². The Morgan fingerprint density at radius 2 is 1.44 bits per heavy atom. The van der Waals surface area contributed by atoms with E-state index >= 15 is 0 Å². The van der Waals surface area contributed by atoms with Crippen LogP contribution in [0.4, 0.5) is 0 Å². The molecule has 0 saturated heterocycles. The Labute approximate surface area is 161 Å². The normalized spacial score (nSPS) is 11.3. The Balaban J connectivity index is 1.55. The van der Waals surface area contributed by atoms with Crippen LogP contribution in [0.15, 0.2) is 84.0 Å². The van der Waals surface area contributed by atoms with Gasteiger partial charge in [0.05, 0.1) is 5.71 Å². The van der Waals surface area contributed by atoms with Gasteiger partial charge in [-0.2, -0.15) is 0 Å². The molecule has 0 amide bonds. The minimum Gasteiger partial charge on any atom is -0.490 e. The van der Waals surface area contributed by atoms with E-state index in [1.54, 1.807) is 0 Å². The summed E-state index contributed by atoms with van der Waals surface area (Å²) in [6.07, 6.45) is 0.809. The van der Waals surface area contributed by atoms with E-state index in [-0.39, 0.29) is 0 Å². The van der Waals surface area contributed by atoms with Gasteiger partial charge in [-0.25, -0.2) is 0 Å². The fraction of sp³-hybridized carbons (Fsp3) is 0.208. The number of rotatable bonds is 8. The van der Waals surface area contributed by atoms with E-state index in [9.17, 15) is 0 Å². The van der Waals surface area contributed by atoms with Crippen molar-refractivity contribution >= 4 is 5.71 Å². The molecule has 0 aliphatic rings. The summed E-state index contributed by atoms with van der Waals surface area (Å²) in [5.41, 5.74) is 5.54. The molecule has 0 N–H and O–H groups in total. The lowest BCUT2D eigenvalue weighted by Gasteiger charge is -2.09. The van der Waals surface area contributed by atoms with Crippen LogP contribution in [0.3, 0.4) is 0 Å². The van der Waals surface area contributed by atoms with Crippen molar-refractivity contribution in [2.75, 3.05) is 13.2 Å². The van der Waals surface area contributed by atoms with Crippen molar-refractivity contribution in [1.82, 2.24) is 0 Å². The molecule has 0 atom stereocenters. The van der Waals surface area contributed by atoms with E-state index in [1.165, 1.54) is 11.1 Å². The molecular weight excluding hydrogens is 334 g/mol. The molecule has 3 nitrogen and oxygen atoms in total. The highest BCUT2D eigenvalue weighted by Gasteiger charge is 2.04. The standard InChI is InChI=1S/C24H25NO2/c1-3-23(25-27-18-17-26-24-12-8-7-9-19(24)2)22-15-13-21(14-16-22)20-10-5-4-6-11-20/h4-16H,3,17-18H2,1-2H3. The van der Waals surface area contributed by atoms with E-state index in [0.717, 1.165) is 29.0 Å². The Kier molecular flexibility index (Phi) is 6.64. The molecule has 138 valence electrons. The molecule has 3 heteroatoms. The summed E-state index contributed by atoms with van der Waals surface area (Å²) in [7, 11) is 0. The van der Waals surface area contributed by atoms with Crippen molar-refractivity contribution in [2.24, 2.45) is 5.16 Å². The topological polar surface area (TPSA) is 30.8 Å². The van der Waals surface area contributed by atoms with Crippen LogP contribution in [0.2, 0.25) is 0 Å². The first-order valence-electron chi connectivity index (χ1n) is 9.31. The Bertz CT molecular complexity index is 870. The Morgan fingerprint density at radius 3 is 2.15 bits per heavy atom. The molecule has 0 heterocycles. The highest BCUT2D eigenvalue weighted by Crippen LogP contribution is 2.20. The van der Waals surface area contributed by atoms with Crippen molar-refractivity contribution in [3.63, 3.8) is 0 Å². The summed E-state index contributed by atoms with van der Waals surface area (Å²) in [5.74, 6) is 0.886. The molecule has 27 heavy (non-hydrogen) atoms. The first kappa shape index (κ1) is 18.7. The second-order valence-electron chi connectivity index (χ2n) is 6.28. The number of hydrogen-bond donors (Lipinski definition) is 0. The highest BCUT2D eigenvalue weighted by molar-refractivity contribution is 6.00. The molecule has 0 saturated carbocycles. The highest BCUT2D eigenvalue weighted by atomic mass is 16.6. The first-order chi connectivity index (χ1) is 13.3. The van der Waals surface area contributed by atoms with Crippen LogP contribution in [0.25, 0.3) is 11.1 Å². The molecule has 0 aromatic heterocycles. The second-order valence-corrected chi connectivity index (χ2v) is 6.28. The first-order valence-corrected chi connectivity index (χ1v) is 9.31. The molecule has 3 aromatic carbocycles. The smallest absolute Gasteiger partial charge is 0.151 e. The summed E-state index contributed by atoms with van der Waals surface area (Å²) in [6, 6.07) is 26.7. The van der Waals surface area contributed by atoms with Gasteiger partial charge in [-0.05, 0) is 41.7 Å². The van der Waals surface area contributed by atoms with Gasteiger partial charge in [0.1, 0.15) is 12.4 Å². The summed E-state index contributed by atoms with van der Waals surface area (Å²) in [6.45, 7) is 5.00. The third-order valence-electron chi connectivity index (χ3n) is 4.36. The van der Waals surface area contributed by atoms with Gasteiger partial charge < -0.3 is 9.57 Å². The maximum atomic E-state index is 5.73. The molecule has 0 aliphatic heterocycles. The van der Waals surface area contributed by atoms with E-state index in [0.29, 0.717) is 13.2 Å². The lowest BCUT2D eigenvalue weighted by Crippen LogP contribution is -2.07. The van der Waals surface area contributed by atoms with Crippen LogP contribution in [-0.2, 0) is 4.84 Å². The molecule has 0 radical (unpaired) electrons. The van der Waals surface area contributed by atoms with Crippen LogP contribution in [0.5, 0.6) is 5.75 Å². The molecule has 3 rings (SSSR count). The number of oxime groups is 1. The van der Waals surface area contributed by atoms with Gasteiger partial charge in [0.25, 0.3) is 0 Å². The zero-order valence-corrected chi connectivity index (χ0v) is 15.9. The molecule has 0 spiro atoms. The number of benzene rings is 3. The van der Waals surface area contributed by atoms with Gasteiger partial charge in [-0.15, -0.1) is 0 Å². The molecule has 0 aliphatic carbocycles. The predicted octanol–water partition coefficient (Wildman–Crippen LogP) is 5.87. The summed E-state index contributed by atoms with van der Waals surface area (Å²) < 4.78 is 5.73. The maximum absolute atomic E-state index is 5.73. The van der Waals surface area contributed by atoms with Crippen molar-refractivity contribution < 1.29 is 9.57 Å². The van der Waals surface area contributed by atoms with Gasteiger partial charge in [-0.1, -0.05) is 84.9 Å². The van der Waals surface area contributed by atoms with Gasteiger partial charge in [0.2, 0.25) is 0 Å². The van der Waals surface area contributed by atoms with E-state index in [4.69, 9.17) is 9.57 Å². The SMILES string of the molecule is CCC(=NOCCOc1ccccc1C)c1ccc(-c2ccccc2)cc1. The van der Waals surface area contributed by atoms with Crippen LogP contribution < -0.4 is 4.74 Å². The monoisotopic (exact) mass is 359 g/mol. The fourth-order valence-electron chi connectivity index (χ4n) is 2.84. The average molecular weight is 359 g/mol. The van der Waals surface area contributed by atoms with Crippen molar-refractivity contribution in [3.8, 4) is 16.9 Å². The van der Waals surface area contributed by atoms with Gasteiger partial charge in [-0.3, -0.25) is 0 Å². The number of hydrogen-bond acceptors (Lipinski definition) is 3. The molecule has 0 fully saturated rings. The summed E-state index contributed by atoms with van der Waals surface area (Å²) >= 11 is 0. The second kappa shape index (κ2) is 9.58. The number of nitrogens with zero attached hydrogens (tertiary/aromatic N) is 1. The lowest BCUT2D eigenvalue weighted by atomic mass is 10.0. The minimum atomic E-state index is 0.417. The zero-order chi connectivity index (χ0) is 18.9. The van der Waals surface area contributed by atoms with Gasteiger partial charge in [0.15, 0.2) is 6.61 Å². The van der Waals surface area contributed by atoms with E-state index in [2.05, 4.69) is 60.6 Å². The van der Waals surface area contributed by atoms with Crippen LogP contribution in [-0.4, -0.2) is 18.9 Å². The van der Waals surface area contributed by atoms with Crippen molar-refractivity contribution in [1.29, 1.82) is 0 Å². The molecule has 0 bridgehead atoms. The maximum Gasteiger partial charge on any atom is 0.151 e. The number of para-hydroxylation sites is 1. The Morgan fingerprint density at radius 1 is 0.778 bits per heavy atom. The number of ether oxygens (including phenoxy) is 1. The third kappa shape index (κ3) is 5.20. The summed E-state index contributed by atoms with van der Waals surface area (Å²) in [4.78, 5) is 5.48. The van der Waals surface area contributed by atoms with E-state index in [1.807, 2.05) is 37.3 Å². The van der Waals surface area contributed by atoms with Crippen LogP contribution in [0.1, 0.15) is 24.5 Å². The van der Waals surface area contributed by atoms with Crippen molar-refractivity contribution in [2.45, 2.75) is 20.3 Å². The van der Waals surface area contributed by atoms with Crippen LogP contribution in [0, 0.1) is 6.92 Å².